The second kappa shape index (κ2) is 6.16. The van der Waals surface area contributed by atoms with Gasteiger partial charge in [-0.2, -0.15) is 0 Å². The Morgan fingerprint density at radius 2 is 1.88 bits per heavy atom. The highest BCUT2D eigenvalue weighted by Gasteiger charge is 2.24. The largest absolute Gasteiger partial charge is 0.495 e. The summed E-state index contributed by atoms with van der Waals surface area (Å²) in [4.78, 5) is 11.1. The molecule has 0 atom stereocenters. The second-order valence-corrected chi connectivity index (χ2v) is 7.27. The zero-order chi connectivity index (χ0) is 17.3. The molecule has 126 valence electrons. The fourth-order valence-electron chi connectivity index (χ4n) is 2.87. The highest BCUT2D eigenvalue weighted by Crippen LogP contribution is 2.33. The van der Waals surface area contributed by atoms with E-state index in [1.807, 2.05) is 0 Å². The molecule has 0 heterocycles. The molecule has 24 heavy (non-hydrogen) atoms. The third-order valence-electron chi connectivity index (χ3n) is 4.03. The minimum atomic E-state index is -3.89. The van der Waals surface area contributed by atoms with Gasteiger partial charge < -0.3 is 9.84 Å². The number of aromatic carboxylic acids is 1. The number of fused-ring (bicyclic) bond motifs is 1. The van der Waals surface area contributed by atoms with E-state index in [1.165, 1.54) is 31.4 Å². The van der Waals surface area contributed by atoms with Gasteiger partial charge in [-0.1, -0.05) is 6.07 Å². The van der Waals surface area contributed by atoms with Crippen molar-refractivity contribution >= 4 is 21.7 Å². The van der Waals surface area contributed by atoms with Crippen LogP contribution in [0.25, 0.3) is 0 Å². The number of benzene rings is 2. The van der Waals surface area contributed by atoms with Gasteiger partial charge in [0.1, 0.15) is 10.6 Å². The van der Waals surface area contributed by atoms with E-state index in [0.717, 1.165) is 30.4 Å². The third-order valence-corrected chi connectivity index (χ3v) is 5.43. The molecule has 0 spiro atoms. The summed E-state index contributed by atoms with van der Waals surface area (Å²) in [6, 6.07) is 9.08. The molecule has 3 rings (SSSR count). The summed E-state index contributed by atoms with van der Waals surface area (Å²) in [5.41, 5.74) is 2.32. The van der Waals surface area contributed by atoms with Crippen LogP contribution in [0.4, 0.5) is 5.69 Å². The SMILES string of the molecule is COc1cc2c(cc1S(=O)(=O)Nc1cccc(C(=O)O)c1)CCC2. The molecule has 7 heteroatoms. The van der Waals surface area contributed by atoms with Gasteiger partial charge in [-0.05, 0) is 60.7 Å². The highest BCUT2D eigenvalue weighted by molar-refractivity contribution is 7.92. The summed E-state index contributed by atoms with van der Waals surface area (Å²) < 4.78 is 33.1. The van der Waals surface area contributed by atoms with Crippen LogP contribution >= 0.6 is 0 Å². The van der Waals surface area contributed by atoms with Crippen LogP contribution in [0.3, 0.4) is 0 Å². The summed E-state index contributed by atoms with van der Waals surface area (Å²) in [6.07, 6.45) is 2.76. The maximum Gasteiger partial charge on any atom is 0.335 e. The molecule has 0 aliphatic heterocycles. The maximum absolute atomic E-state index is 12.7. The van der Waals surface area contributed by atoms with E-state index in [0.29, 0.717) is 0 Å². The fraction of sp³-hybridized carbons (Fsp3) is 0.235. The minimum Gasteiger partial charge on any atom is -0.495 e. The van der Waals surface area contributed by atoms with Gasteiger partial charge in [-0.25, -0.2) is 13.2 Å². The molecule has 0 radical (unpaired) electrons. The number of aryl methyl sites for hydroxylation is 2. The molecular weight excluding hydrogens is 330 g/mol. The van der Waals surface area contributed by atoms with Crippen LogP contribution in [0.5, 0.6) is 5.75 Å². The van der Waals surface area contributed by atoms with E-state index in [1.54, 1.807) is 12.1 Å². The molecule has 6 nitrogen and oxygen atoms in total. The van der Waals surface area contributed by atoms with E-state index in [9.17, 15) is 13.2 Å². The van der Waals surface area contributed by atoms with Crippen molar-refractivity contribution in [3.05, 3.63) is 53.1 Å². The quantitative estimate of drug-likeness (QED) is 0.867. The molecule has 0 saturated carbocycles. The first-order valence-corrected chi connectivity index (χ1v) is 8.95. The van der Waals surface area contributed by atoms with Crippen molar-refractivity contribution in [2.75, 3.05) is 11.8 Å². The summed E-state index contributed by atoms with van der Waals surface area (Å²) in [5.74, 6) is -0.830. The number of carboxylic acids is 1. The number of sulfonamides is 1. The summed E-state index contributed by atoms with van der Waals surface area (Å²) in [7, 11) is -2.46. The Bertz CT molecular complexity index is 905. The van der Waals surface area contributed by atoms with E-state index in [2.05, 4.69) is 4.72 Å². The lowest BCUT2D eigenvalue weighted by atomic mass is 10.1. The number of nitrogens with one attached hydrogen (secondary N) is 1. The lowest BCUT2D eigenvalue weighted by Crippen LogP contribution is -2.15. The van der Waals surface area contributed by atoms with Gasteiger partial charge in [0.15, 0.2) is 0 Å². The number of carboxylic acid groups (broad SMARTS) is 1. The van der Waals surface area contributed by atoms with Crippen molar-refractivity contribution in [3.8, 4) is 5.75 Å². The fourth-order valence-corrected chi connectivity index (χ4v) is 4.13. The highest BCUT2D eigenvalue weighted by atomic mass is 32.2. The normalized spacial score (nSPS) is 13.4. The van der Waals surface area contributed by atoms with Gasteiger partial charge in [-0.15, -0.1) is 0 Å². The van der Waals surface area contributed by atoms with Gasteiger partial charge in [0, 0.05) is 5.69 Å². The Morgan fingerprint density at radius 3 is 2.54 bits per heavy atom. The Morgan fingerprint density at radius 1 is 1.17 bits per heavy atom. The first-order chi connectivity index (χ1) is 11.4. The molecule has 0 aromatic heterocycles. The summed E-state index contributed by atoms with van der Waals surface area (Å²) in [5, 5.41) is 9.02. The molecule has 2 N–H and O–H groups in total. The molecule has 1 aliphatic carbocycles. The predicted molar refractivity (Wildman–Crippen MR) is 89.2 cm³/mol. The number of ether oxygens (including phenoxy) is 1. The molecule has 0 fully saturated rings. The first-order valence-electron chi connectivity index (χ1n) is 7.46. The lowest BCUT2D eigenvalue weighted by molar-refractivity contribution is 0.0697. The Balaban J connectivity index is 1.99. The first kappa shape index (κ1) is 16.3. The van der Waals surface area contributed by atoms with E-state index >= 15 is 0 Å². The average molecular weight is 347 g/mol. The van der Waals surface area contributed by atoms with Crippen molar-refractivity contribution in [1.82, 2.24) is 0 Å². The second-order valence-electron chi connectivity index (χ2n) is 5.62. The number of hydrogen-bond donors (Lipinski definition) is 2. The van der Waals surface area contributed by atoms with Crippen molar-refractivity contribution in [2.45, 2.75) is 24.2 Å². The summed E-state index contributed by atoms with van der Waals surface area (Å²) in [6.45, 7) is 0. The summed E-state index contributed by atoms with van der Waals surface area (Å²) >= 11 is 0. The number of rotatable bonds is 5. The van der Waals surface area contributed by atoms with Crippen molar-refractivity contribution < 1.29 is 23.1 Å². The monoisotopic (exact) mass is 347 g/mol. The molecule has 0 saturated heterocycles. The third kappa shape index (κ3) is 3.07. The number of hydrogen-bond acceptors (Lipinski definition) is 4. The van der Waals surface area contributed by atoms with E-state index in [-0.39, 0.29) is 21.9 Å². The van der Waals surface area contributed by atoms with E-state index in [4.69, 9.17) is 9.84 Å². The van der Waals surface area contributed by atoms with E-state index < -0.39 is 16.0 Å². The smallest absolute Gasteiger partial charge is 0.335 e. The molecule has 2 aromatic rings. The van der Waals surface area contributed by atoms with Crippen molar-refractivity contribution in [2.24, 2.45) is 0 Å². The number of anilines is 1. The molecule has 1 aliphatic rings. The number of carbonyl (C=O) groups is 1. The van der Waals surface area contributed by atoms with Crippen LogP contribution in [0.1, 0.15) is 27.9 Å². The molecule has 0 amide bonds. The zero-order valence-electron chi connectivity index (χ0n) is 13.1. The van der Waals surface area contributed by atoms with Gasteiger partial charge in [-0.3, -0.25) is 4.72 Å². The average Bonchev–Trinajstić information content (AvgIpc) is 3.00. The number of methoxy groups -OCH3 is 1. The van der Waals surface area contributed by atoms with Crippen LogP contribution in [-0.2, 0) is 22.9 Å². The van der Waals surface area contributed by atoms with Gasteiger partial charge in [0.05, 0.1) is 12.7 Å². The standard InChI is InChI=1S/C17H17NO5S/c1-23-15-9-11-4-2-5-12(11)10-16(15)24(21,22)18-14-7-3-6-13(8-14)17(19)20/h3,6-10,18H,2,4-5H2,1H3,(H,19,20). The van der Waals surface area contributed by atoms with Crippen LogP contribution in [0.15, 0.2) is 41.3 Å². The Kier molecular flexibility index (Phi) is 4.19. The molecule has 2 aromatic carbocycles. The minimum absolute atomic E-state index is 0.0103. The molecule has 0 unspecified atom stereocenters. The van der Waals surface area contributed by atoms with Gasteiger partial charge in [0.2, 0.25) is 0 Å². The molecule has 0 bridgehead atoms. The van der Waals surface area contributed by atoms with Gasteiger partial charge >= 0.3 is 5.97 Å². The van der Waals surface area contributed by atoms with Crippen LogP contribution in [-0.4, -0.2) is 26.6 Å². The topological polar surface area (TPSA) is 92.7 Å². The lowest BCUT2D eigenvalue weighted by Gasteiger charge is -2.14. The van der Waals surface area contributed by atoms with Crippen LogP contribution in [0.2, 0.25) is 0 Å². The van der Waals surface area contributed by atoms with Gasteiger partial charge in [0.25, 0.3) is 10.0 Å². The van der Waals surface area contributed by atoms with Crippen LogP contribution in [0, 0.1) is 0 Å². The Labute approximate surface area is 140 Å². The van der Waals surface area contributed by atoms with Crippen molar-refractivity contribution in [1.29, 1.82) is 0 Å². The van der Waals surface area contributed by atoms with Crippen LogP contribution < -0.4 is 9.46 Å². The molecular formula is C17H17NO5S. The zero-order valence-corrected chi connectivity index (χ0v) is 13.9. The van der Waals surface area contributed by atoms with Crippen molar-refractivity contribution in [3.63, 3.8) is 0 Å². The Hall–Kier alpha value is -2.54. The predicted octanol–water partition coefficient (Wildman–Crippen LogP) is 2.68. The maximum atomic E-state index is 12.7.